The second-order valence-electron chi connectivity index (χ2n) is 4.34. The molecule has 2 atom stereocenters. The van der Waals surface area contributed by atoms with E-state index in [0.29, 0.717) is 6.04 Å². The smallest absolute Gasteiger partial charge is 0.309 e. The fourth-order valence-electron chi connectivity index (χ4n) is 2.41. The predicted molar refractivity (Wildman–Crippen MR) is 60.1 cm³/mol. The number of ether oxygens (including phenoxy) is 2. The summed E-state index contributed by atoms with van der Waals surface area (Å²) in [5, 5.41) is 0. The van der Waals surface area contributed by atoms with Gasteiger partial charge in [0.15, 0.2) is 0 Å². The Labute approximate surface area is 96.2 Å². The maximum absolute atomic E-state index is 11.5. The van der Waals surface area contributed by atoms with Crippen LogP contribution in [0.15, 0.2) is 12.2 Å². The Morgan fingerprint density at radius 2 is 2.19 bits per heavy atom. The van der Waals surface area contributed by atoms with Crippen LogP contribution in [0.5, 0.6) is 0 Å². The third-order valence-corrected chi connectivity index (χ3v) is 3.35. The van der Waals surface area contributed by atoms with Gasteiger partial charge in [0, 0.05) is 19.1 Å². The number of esters is 1. The highest BCUT2D eigenvalue weighted by Crippen LogP contribution is 2.24. The Balaban J connectivity index is 1.93. The first-order chi connectivity index (χ1) is 7.81. The summed E-state index contributed by atoms with van der Waals surface area (Å²) in [7, 11) is 1.46. The zero-order valence-corrected chi connectivity index (χ0v) is 9.72. The third-order valence-electron chi connectivity index (χ3n) is 3.35. The minimum absolute atomic E-state index is 0.0304. The molecular weight excluding hydrogens is 206 g/mol. The molecule has 1 fully saturated rings. The van der Waals surface area contributed by atoms with Crippen LogP contribution in [0.4, 0.5) is 0 Å². The molecule has 4 nitrogen and oxygen atoms in total. The SMILES string of the molecule is COC(=O)[C@H]1CC=CC(N2CCOCC2)C1. The van der Waals surface area contributed by atoms with Crippen LogP contribution in [0.2, 0.25) is 0 Å². The van der Waals surface area contributed by atoms with Crippen molar-refractivity contribution >= 4 is 5.97 Å². The van der Waals surface area contributed by atoms with E-state index in [-0.39, 0.29) is 11.9 Å². The molecule has 0 aromatic carbocycles. The zero-order chi connectivity index (χ0) is 11.4. The topological polar surface area (TPSA) is 38.8 Å². The van der Waals surface area contributed by atoms with Gasteiger partial charge in [0.05, 0.1) is 26.2 Å². The molecule has 0 bridgehead atoms. The number of hydrogen-bond acceptors (Lipinski definition) is 4. The van der Waals surface area contributed by atoms with E-state index in [1.807, 2.05) is 0 Å². The summed E-state index contributed by atoms with van der Waals surface area (Å²) >= 11 is 0. The molecule has 1 saturated heterocycles. The predicted octanol–water partition coefficient (Wildman–Crippen LogP) is 0.826. The Hall–Kier alpha value is -0.870. The average Bonchev–Trinajstić information content (AvgIpc) is 2.39. The lowest BCUT2D eigenvalue weighted by molar-refractivity contribution is -0.146. The van der Waals surface area contributed by atoms with E-state index < -0.39 is 0 Å². The lowest BCUT2D eigenvalue weighted by atomic mass is 9.90. The van der Waals surface area contributed by atoms with Crippen molar-refractivity contribution in [3.8, 4) is 0 Å². The van der Waals surface area contributed by atoms with E-state index in [1.54, 1.807) is 0 Å². The molecule has 1 unspecified atom stereocenters. The van der Waals surface area contributed by atoms with E-state index in [4.69, 9.17) is 9.47 Å². The number of carbonyl (C=O) groups excluding carboxylic acids is 1. The minimum atomic E-state index is -0.0809. The molecule has 2 rings (SSSR count). The number of rotatable bonds is 2. The number of allylic oxidation sites excluding steroid dienone is 1. The second-order valence-corrected chi connectivity index (χ2v) is 4.34. The van der Waals surface area contributed by atoms with Crippen molar-refractivity contribution in [2.24, 2.45) is 5.92 Å². The highest BCUT2D eigenvalue weighted by atomic mass is 16.5. The van der Waals surface area contributed by atoms with Gasteiger partial charge in [-0.1, -0.05) is 12.2 Å². The highest BCUT2D eigenvalue weighted by Gasteiger charge is 2.28. The van der Waals surface area contributed by atoms with E-state index >= 15 is 0 Å². The molecule has 1 heterocycles. The first-order valence-electron chi connectivity index (χ1n) is 5.87. The lowest BCUT2D eigenvalue weighted by Crippen LogP contribution is -2.44. The van der Waals surface area contributed by atoms with Crippen molar-refractivity contribution in [2.45, 2.75) is 18.9 Å². The molecule has 0 spiro atoms. The van der Waals surface area contributed by atoms with Gasteiger partial charge in [0.2, 0.25) is 0 Å². The summed E-state index contributed by atoms with van der Waals surface area (Å²) in [6.07, 6.45) is 6.01. The third kappa shape index (κ3) is 2.62. The van der Waals surface area contributed by atoms with Gasteiger partial charge in [-0.3, -0.25) is 9.69 Å². The molecule has 90 valence electrons. The molecule has 0 saturated carbocycles. The molecule has 1 aliphatic heterocycles. The molecule has 1 aliphatic carbocycles. The molecule has 0 amide bonds. The Bertz CT molecular complexity index is 271. The summed E-state index contributed by atoms with van der Waals surface area (Å²) < 4.78 is 10.1. The van der Waals surface area contributed by atoms with Crippen LogP contribution in [-0.2, 0) is 14.3 Å². The summed E-state index contributed by atoms with van der Waals surface area (Å²) in [5.74, 6) is -0.0505. The summed E-state index contributed by atoms with van der Waals surface area (Å²) in [6, 6.07) is 0.377. The number of morpholine rings is 1. The normalized spacial score (nSPS) is 31.3. The molecular formula is C12H19NO3. The number of nitrogens with zero attached hydrogens (tertiary/aromatic N) is 1. The standard InChI is InChI=1S/C12H19NO3/c1-15-12(14)10-3-2-4-11(9-10)13-5-7-16-8-6-13/h2,4,10-11H,3,5-9H2,1H3/t10-,11?/m0/s1. The average molecular weight is 225 g/mol. The largest absolute Gasteiger partial charge is 0.469 e. The number of carbonyl (C=O) groups is 1. The van der Waals surface area contributed by atoms with E-state index in [0.717, 1.165) is 39.1 Å². The van der Waals surface area contributed by atoms with E-state index in [1.165, 1.54) is 7.11 Å². The van der Waals surface area contributed by atoms with Gasteiger partial charge in [0.1, 0.15) is 0 Å². The van der Waals surface area contributed by atoms with Gasteiger partial charge in [-0.2, -0.15) is 0 Å². The fraction of sp³-hybridized carbons (Fsp3) is 0.750. The Morgan fingerprint density at radius 3 is 2.88 bits per heavy atom. The molecule has 0 aromatic heterocycles. The molecule has 4 heteroatoms. The van der Waals surface area contributed by atoms with Crippen LogP contribution >= 0.6 is 0 Å². The zero-order valence-electron chi connectivity index (χ0n) is 9.72. The van der Waals surface area contributed by atoms with Crippen molar-refractivity contribution in [1.82, 2.24) is 4.90 Å². The summed E-state index contributed by atoms with van der Waals surface area (Å²) in [5.41, 5.74) is 0. The van der Waals surface area contributed by atoms with Crippen LogP contribution in [0.25, 0.3) is 0 Å². The van der Waals surface area contributed by atoms with Crippen LogP contribution in [0.1, 0.15) is 12.8 Å². The minimum Gasteiger partial charge on any atom is -0.469 e. The van der Waals surface area contributed by atoms with Gasteiger partial charge in [0.25, 0.3) is 0 Å². The van der Waals surface area contributed by atoms with Gasteiger partial charge < -0.3 is 9.47 Å². The number of hydrogen-bond donors (Lipinski definition) is 0. The van der Waals surface area contributed by atoms with Crippen molar-refractivity contribution in [3.63, 3.8) is 0 Å². The molecule has 2 aliphatic rings. The number of methoxy groups -OCH3 is 1. The van der Waals surface area contributed by atoms with E-state index in [9.17, 15) is 4.79 Å². The maximum atomic E-state index is 11.5. The van der Waals surface area contributed by atoms with Gasteiger partial charge in [-0.25, -0.2) is 0 Å². The first-order valence-corrected chi connectivity index (χ1v) is 5.87. The molecule has 0 radical (unpaired) electrons. The van der Waals surface area contributed by atoms with Gasteiger partial charge in [-0.15, -0.1) is 0 Å². The van der Waals surface area contributed by atoms with Crippen LogP contribution < -0.4 is 0 Å². The molecule has 0 N–H and O–H groups in total. The van der Waals surface area contributed by atoms with Crippen molar-refractivity contribution in [2.75, 3.05) is 33.4 Å². The fourth-order valence-corrected chi connectivity index (χ4v) is 2.41. The summed E-state index contributed by atoms with van der Waals surface area (Å²) in [6.45, 7) is 3.52. The maximum Gasteiger partial charge on any atom is 0.309 e. The van der Waals surface area contributed by atoms with Crippen molar-refractivity contribution < 1.29 is 14.3 Å². The quantitative estimate of drug-likeness (QED) is 0.515. The Morgan fingerprint density at radius 1 is 1.44 bits per heavy atom. The summed E-state index contributed by atoms with van der Waals surface area (Å²) in [4.78, 5) is 13.9. The van der Waals surface area contributed by atoms with Crippen molar-refractivity contribution in [3.05, 3.63) is 12.2 Å². The van der Waals surface area contributed by atoms with Gasteiger partial charge >= 0.3 is 5.97 Å². The lowest BCUT2D eigenvalue weighted by Gasteiger charge is -2.35. The Kier molecular flexibility index (Phi) is 3.96. The second kappa shape index (κ2) is 5.46. The molecule has 16 heavy (non-hydrogen) atoms. The first kappa shape index (κ1) is 11.6. The van der Waals surface area contributed by atoms with Crippen LogP contribution in [-0.4, -0.2) is 50.3 Å². The highest BCUT2D eigenvalue weighted by molar-refractivity contribution is 5.72. The van der Waals surface area contributed by atoms with Gasteiger partial charge in [-0.05, 0) is 12.8 Å². The monoisotopic (exact) mass is 225 g/mol. The van der Waals surface area contributed by atoms with Crippen molar-refractivity contribution in [1.29, 1.82) is 0 Å². The van der Waals surface area contributed by atoms with Crippen LogP contribution in [0.3, 0.4) is 0 Å². The molecule has 0 aromatic rings. The van der Waals surface area contributed by atoms with Crippen LogP contribution in [0, 0.1) is 5.92 Å². The van der Waals surface area contributed by atoms with E-state index in [2.05, 4.69) is 17.1 Å².